The van der Waals surface area contributed by atoms with E-state index in [0.717, 1.165) is 18.2 Å². The van der Waals surface area contributed by atoms with Gasteiger partial charge < -0.3 is 31.1 Å². The van der Waals surface area contributed by atoms with Gasteiger partial charge in [-0.2, -0.15) is 8.78 Å². The van der Waals surface area contributed by atoms with E-state index in [0.29, 0.717) is 31.9 Å². The number of rotatable bonds is 15. The van der Waals surface area contributed by atoms with E-state index >= 15 is 8.78 Å². The number of unbranched alkanes of at least 4 members (excludes halogenated alkanes) is 1. The molecule has 0 spiro atoms. The molecular weight excluding hydrogens is 581 g/mol. The molecule has 44 heavy (non-hydrogen) atoms. The fraction of sp³-hybridized carbons (Fsp3) is 0.484. The number of alkyl carbamates (subject to hydrolysis) is 1. The number of alkyl halides is 2. The second kappa shape index (κ2) is 16.1. The zero-order chi connectivity index (χ0) is 32.3. The minimum absolute atomic E-state index is 0.0449. The second-order valence-corrected chi connectivity index (χ2v) is 10.6. The lowest BCUT2D eigenvalue weighted by Gasteiger charge is -2.29. The lowest BCUT2D eigenvalue weighted by molar-refractivity contribution is -0.134. The van der Waals surface area contributed by atoms with Crippen molar-refractivity contribution in [2.45, 2.75) is 76.2 Å². The van der Waals surface area contributed by atoms with Crippen LogP contribution in [0.5, 0.6) is 0 Å². The molecule has 0 aliphatic carbocycles. The number of aliphatic hydroxyl groups excluding tert-OH is 1. The number of aliphatic hydroxyl groups is 1. The van der Waals surface area contributed by atoms with Crippen LogP contribution in [0.25, 0.3) is 0 Å². The van der Waals surface area contributed by atoms with Crippen LogP contribution in [0.3, 0.4) is 0 Å². The molecule has 2 unspecified atom stereocenters. The maximum Gasteiger partial charge on any atom is 0.408 e. The third kappa shape index (κ3) is 9.18. The molecule has 13 heteroatoms. The van der Waals surface area contributed by atoms with Crippen LogP contribution in [0.2, 0.25) is 0 Å². The van der Waals surface area contributed by atoms with E-state index in [9.17, 15) is 28.7 Å². The number of ether oxygens (including phenoxy) is 1. The molecule has 0 aromatic heterocycles. The van der Waals surface area contributed by atoms with Crippen molar-refractivity contribution in [3.05, 3.63) is 71.5 Å². The van der Waals surface area contributed by atoms with Crippen molar-refractivity contribution in [3.8, 4) is 0 Å². The molecule has 1 fully saturated rings. The van der Waals surface area contributed by atoms with Crippen LogP contribution in [0, 0.1) is 11.7 Å². The summed E-state index contributed by atoms with van der Waals surface area (Å²) in [6.45, 7) is 4.13. The summed E-state index contributed by atoms with van der Waals surface area (Å²) in [5, 5.41) is 20.8. The van der Waals surface area contributed by atoms with Crippen LogP contribution < -0.4 is 21.3 Å². The first-order chi connectivity index (χ1) is 21.0. The highest BCUT2D eigenvalue weighted by molar-refractivity contribution is 5.88. The van der Waals surface area contributed by atoms with Crippen LogP contribution in [-0.4, -0.2) is 60.2 Å². The van der Waals surface area contributed by atoms with Crippen LogP contribution in [0.15, 0.2) is 54.6 Å². The molecular formula is C31H39F3N4O6. The highest BCUT2D eigenvalue weighted by Gasteiger charge is 2.46. The normalized spacial score (nSPS) is 17.5. The molecule has 5 atom stereocenters. The van der Waals surface area contributed by atoms with Gasteiger partial charge in [-0.1, -0.05) is 62.2 Å². The first kappa shape index (κ1) is 34.4. The lowest BCUT2D eigenvalue weighted by atomic mass is 9.94. The molecule has 5 N–H and O–H groups in total. The van der Waals surface area contributed by atoms with E-state index in [1.54, 1.807) is 13.0 Å². The lowest BCUT2D eigenvalue weighted by Crippen LogP contribution is -2.56. The van der Waals surface area contributed by atoms with E-state index < -0.39 is 65.4 Å². The number of likely N-dealkylation sites (N-methyl/N-ethyl adjacent to an activating group) is 1. The van der Waals surface area contributed by atoms with Crippen LogP contribution in [-0.2, 0) is 25.0 Å². The summed E-state index contributed by atoms with van der Waals surface area (Å²) in [5.74, 6) is -7.13. The predicted octanol–water partition coefficient (Wildman–Crippen LogP) is 3.45. The number of hydrogen-bond donors (Lipinski definition) is 5. The minimum Gasteiger partial charge on any atom is -0.434 e. The van der Waals surface area contributed by atoms with Crippen molar-refractivity contribution in [1.82, 2.24) is 21.3 Å². The Balaban J connectivity index is 1.82. The summed E-state index contributed by atoms with van der Waals surface area (Å²) in [4.78, 5) is 51.2. The van der Waals surface area contributed by atoms with E-state index in [4.69, 9.17) is 4.74 Å². The average Bonchev–Trinajstić information content (AvgIpc) is 3.41. The molecule has 2 aromatic carbocycles. The SMILES string of the molecule is CCCC[C@H](NC(=O)OC(c1ccccc1)C(F)(F)c1cccc(F)c1)C(=O)N[C@@H](C[C@H]1CCNC1=O)C(O)C(=O)NCC. The Kier molecular flexibility index (Phi) is 12.6. The number of hydrogen-bond acceptors (Lipinski definition) is 6. The Morgan fingerprint density at radius 2 is 1.80 bits per heavy atom. The fourth-order valence-corrected chi connectivity index (χ4v) is 4.97. The Hall–Kier alpha value is -4.13. The standard InChI is InChI=1S/C31H39F3N4O6/c1-3-5-14-23(28(41)37-24(25(39)29(42)35-4-2)17-20-15-16-36-27(20)40)38-30(43)44-26(19-10-7-6-8-11-19)31(33,34)21-12-9-13-22(32)18-21/h6-13,18,20,23-26,39H,3-5,14-17H2,1-2H3,(H,35,42)(H,36,40)(H,37,41)(H,38,43)/t20-,23+,24+,25?,26?/m1/s1. The van der Waals surface area contributed by atoms with Crippen LogP contribution >= 0.6 is 0 Å². The number of benzene rings is 2. The maximum absolute atomic E-state index is 15.7. The van der Waals surface area contributed by atoms with E-state index in [1.165, 1.54) is 24.3 Å². The van der Waals surface area contributed by atoms with Crippen molar-refractivity contribution < 1.29 is 42.2 Å². The van der Waals surface area contributed by atoms with Gasteiger partial charge in [-0.25, -0.2) is 9.18 Å². The molecule has 2 aromatic rings. The number of amides is 4. The molecule has 1 saturated heterocycles. The molecule has 240 valence electrons. The van der Waals surface area contributed by atoms with Gasteiger partial charge in [-0.3, -0.25) is 14.4 Å². The topological polar surface area (TPSA) is 146 Å². The van der Waals surface area contributed by atoms with Gasteiger partial charge in [0.05, 0.1) is 6.04 Å². The number of carbonyl (C=O) groups excluding carboxylic acids is 4. The van der Waals surface area contributed by atoms with Gasteiger partial charge in [-0.15, -0.1) is 0 Å². The zero-order valence-electron chi connectivity index (χ0n) is 24.7. The second-order valence-electron chi connectivity index (χ2n) is 10.6. The molecule has 1 heterocycles. The van der Waals surface area contributed by atoms with Gasteiger partial charge in [-0.05, 0) is 43.9 Å². The van der Waals surface area contributed by atoms with E-state index in [2.05, 4.69) is 21.3 Å². The van der Waals surface area contributed by atoms with Gasteiger partial charge >= 0.3 is 12.0 Å². The molecule has 3 rings (SSSR count). The van der Waals surface area contributed by atoms with Crippen molar-refractivity contribution in [2.75, 3.05) is 13.1 Å². The molecule has 0 radical (unpaired) electrons. The van der Waals surface area contributed by atoms with Crippen LogP contribution in [0.4, 0.5) is 18.0 Å². The molecule has 1 aliphatic rings. The van der Waals surface area contributed by atoms with Gasteiger partial charge in [0.2, 0.25) is 11.8 Å². The first-order valence-electron chi connectivity index (χ1n) is 14.7. The first-order valence-corrected chi connectivity index (χ1v) is 14.7. The number of halogens is 3. The minimum atomic E-state index is -3.86. The fourth-order valence-electron chi connectivity index (χ4n) is 4.97. The summed E-state index contributed by atoms with van der Waals surface area (Å²) < 4.78 is 50.5. The summed E-state index contributed by atoms with van der Waals surface area (Å²) in [5.41, 5.74) is -0.774. The largest absolute Gasteiger partial charge is 0.434 e. The number of carbonyl (C=O) groups is 4. The van der Waals surface area contributed by atoms with Crippen molar-refractivity contribution in [2.24, 2.45) is 5.92 Å². The number of nitrogens with one attached hydrogen (secondary N) is 4. The van der Waals surface area contributed by atoms with Crippen molar-refractivity contribution in [3.63, 3.8) is 0 Å². The summed E-state index contributed by atoms with van der Waals surface area (Å²) in [6.07, 6.45) is -3.64. The quantitative estimate of drug-likeness (QED) is 0.206. The molecule has 1 aliphatic heterocycles. The van der Waals surface area contributed by atoms with E-state index in [-0.39, 0.29) is 30.9 Å². The molecule has 10 nitrogen and oxygen atoms in total. The highest BCUT2D eigenvalue weighted by Crippen LogP contribution is 2.43. The molecule has 4 amide bonds. The Bertz CT molecular complexity index is 1280. The Morgan fingerprint density at radius 1 is 1.07 bits per heavy atom. The summed E-state index contributed by atoms with van der Waals surface area (Å²) in [6, 6.07) is 8.54. The summed E-state index contributed by atoms with van der Waals surface area (Å²) in [7, 11) is 0. The van der Waals surface area contributed by atoms with Crippen LogP contribution in [0.1, 0.15) is 63.2 Å². The van der Waals surface area contributed by atoms with Gasteiger partial charge in [0.25, 0.3) is 5.91 Å². The molecule has 0 saturated carbocycles. The van der Waals surface area contributed by atoms with E-state index in [1.807, 2.05) is 6.92 Å². The predicted molar refractivity (Wildman–Crippen MR) is 155 cm³/mol. The smallest absolute Gasteiger partial charge is 0.408 e. The highest BCUT2D eigenvalue weighted by atomic mass is 19.3. The maximum atomic E-state index is 15.7. The van der Waals surface area contributed by atoms with Gasteiger partial charge in [0.1, 0.15) is 11.9 Å². The third-order valence-corrected chi connectivity index (χ3v) is 7.35. The zero-order valence-corrected chi connectivity index (χ0v) is 24.7. The van der Waals surface area contributed by atoms with Gasteiger partial charge in [0.15, 0.2) is 12.2 Å². The van der Waals surface area contributed by atoms with Crippen molar-refractivity contribution in [1.29, 1.82) is 0 Å². The van der Waals surface area contributed by atoms with Crippen molar-refractivity contribution >= 4 is 23.8 Å². The Morgan fingerprint density at radius 3 is 2.41 bits per heavy atom. The third-order valence-electron chi connectivity index (χ3n) is 7.35. The average molecular weight is 621 g/mol. The monoisotopic (exact) mass is 620 g/mol. The van der Waals surface area contributed by atoms with Gasteiger partial charge in [0, 0.05) is 24.6 Å². The summed E-state index contributed by atoms with van der Waals surface area (Å²) >= 11 is 0. The Labute approximate surface area is 254 Å². The molecule has 0 bridgehead atoms.